The lowest BCUT2D eigenvalue weighted by Crippen LogP contribution is -2.49. The molecule has 1 aliphatic rings. The van der Waals surface area contributed by atoms with Crippen LogP contribution in [0.5, 0.6) is 0 Å². The molecule has 0 spiro atoms. The molecule has 6 heteroatoms. The summed E-state index contributed by atoms with van der Waals surface area (Å²) in [5.74, 6) is -0.521. The largest absolute Gasteiger partial charge is 0.373 e. The summed E-state index contributed by atoms with van der Waals surface area (Å²) in [6.07, 6.45) is 0.00309. The molecule has 2 unspecified atom stereocenters. The number of carbonyl (C=O) groups excluding carboxylic acids is 1. The summed E-state index contributed by atoms with van der Waals surface area (Å²) in [4.78, 5) is 13.3. The molecule has 0 bridgehead atoms. The van der Waals surface area contributed by atoms with Gasteiger partial charge in [-0.2, -0.15) is 0 Å². The van der Waals surface area contributed by atoms with E-state index in [0.29, 0.717) is 23.7 Å². The number of hydrogen-bond acceptors (Lipinski definition) is 4. The van der Waals surface area contributed by atoms with Crippen molar-refractivity contribution in [2.24, 2.45) is 11.5 Å². The van der Waals surface area contributed by atoms with Crippen molar-refractivity contribution in [1.82, 2.24) is 0 Å². The van der Waals surface area contributed by atoms with Gasteiger partial charge in [0.2, 0.25) is 5.91 Å². The van der Waals surface area contributed by atoms with E-state index in [1.54, 1.807) is 12.1 Å². The van der Waals surface area contributed by atoms with Crippen molar-refractivity contribution in [3.05, 3.63) is 28.8 Å². The second-order valence-electron chi connectivity index (χ2n) is 4.74. The quantitative estimate of drug-likeness (QED) is 0.867. The van der Waals surface area contributed by atoms with E-state index in [-0.39, 0.29) is 12.1 Å². The summed E-state index contributed by atoms with van der Waals surface area (Å²) in [5.41, 5.74) is 12.4. The number of nitrogens with two attached hydrogens (primary N) is 2. The maximum absolute atomic E-state index is 11.1. The molecule has 2 rings (SSSR count). The second kappa shape index (κ2) is 5.77. The predicted molar refractivity (Wildman–Crippen MR) is 75.6 cm³/mol. The van der Waals surface area contributed by atoms with Crippen LogP contribution in [-0.2, 0) is 4.74 Å². The topological polar surface area (TPSA) is 81.6 Å². The molecule has 1 aliphatic heterocycles. The Hall–Kier alpha value is -1.30. The summed E-state index contributed by atoms with van der Waals surface area (Å²) in [7, 11) is 0. The Labute approximate surface area is 117 Å². The van der Waals surface area contributed by atoms with Gasteiger partial charge >= 0.3 is 0 Å². The van der Waals surface area contributed by atoms with Gasteiger partial charge in [0.15, 0.2) is 0 Å². The van der Waals surface area contributed by atoms with Gasteiger partial charge in [0.05, 0.1) is 23.3 Å². The number of hydrogen-bond donors (Lipinski definition) is 2. The summed E-state index contributed by atoms with van der Waals surface area (Å²) in [6.45, 7) is 4.04. The number of morpholine rings is 1. The van der Waals surface area contributed by atoms with Gasteiger partial charge in [-0.15, -0.1) is 0 Å². The SMILES string of the molecule is CC(N)C1CN(c2ccc(C(N)=O)c(Cl)c2)CCO1. The molecule has 5 nitrogen and oxygen atoms in total. The van der Waals surface area contributed by atoms with Crippen LogP contribution in [0.25, 0.3) is 0 Å². The minimum Gasteiger partial charge on any atom is -0.373 e. The van der Waals surface area contributed by atoms with Crippen molar-refractivity contribution in [1.29, 1.82) is 0 Å². The highest BCUT2D eigenvalue weighted by molar-refractivity contribution is 6.34. The van der Waals surface area contributed by atoms with Crippen molar-refractivity contribution in [3.63, 3.8) is 0 Å². The number of benzene rings is 1. The van der Waals surface area contributed by atoms with Crippen LogP contribution >= 0.6 is 11.6 Å². The smallest absolute Gasteiger partial charge is 0.250 e. The Morgan fingerprint density at radius 2 is 2.32 bits per heavy atom. The predicted octanol–water partition coefficient (Wildman–Crippen LogP) is 0.991. The molecule has 0 saturated carbocycles. The molecule has 0 aromatic heterocycles. The van der Waals surface area contributed by atoms with Crippen molar-refractivity contribution in [2.75, 3.05) is 24.6 Å². The van der Waals surface area contributed by atoms with Crippen LogP contribution in [0.15, 0.2) is 18.2 Å². The van der Waals surface area contributed by atoms with Gasteiger partial charge in [-0.1, -0.05) is 11.6 Å². The molecule has 0 aliphatic carbocycles. The number of carbonyl (C=O) groups is 1. The highest BCUT2D eigenvalue weighted by atomic mass is 35.5. The number of rotatable bonds is 3. The number of amides is 1. The monoisotopic (exact) mass is 283 g/mol. The number of primary amides is 1. The lowest BCUT2D eigenvalue weighted by Gasteiger charge is -2.36. The van der Waals surface area contributed by atoms with Gasteiger partial charge < -0.3 is 21.1 Å². The first-order chi connectivity index (χ1) is 8.99. The fraction of sp³-hybridized carbons (Fsp3) is 0.462. The van der Waals surface area contributed by atoms with Crippen LogP contribution in [0.4, 0.5) is 5.69 Å². The lowest BCUT2D eigenvalue weighted by atomic mass is 10.1. The van der Waals surface area contributed by atoms with E-state index in [9.17, 15) is 4.79 Å². The second-order valence-corrected chi connectivity index (χ2v) is 5.15. The third-order valence-corrected chi connectivity index (χ3v) is 3.58. The summed E-state index contributed by atoms with van der Waals surface area (Å²) >= 11 is 6.06. The van der Waals surface area contributed by atoms with E-state index >= 15 is 0 Å². The zero-order chi connectivity index (χ0) is 14.0. The van der Waals surface area contributed by atoms with Gasteiger partial charge in [0.25, 0.3) is 0 Å². The molecule has 0 radical (unpaired) electrons. The maximum Gasteiger partial charge on any atom is 0.250 e. The molecule has 104 valence electrons. The molecule has 1 aromatic carbocycles. The fourth-order valence-electron chi connectivity index (χ4n) is 2.13. The van der Waals surface area contributed by atoms with E-state index < -0.39 is 5.91 Å². The molecule has 1 heterocycles. The molecule has 1 saturated heterocycles. The number of ether oxygens (including phenoxy) is 1. The Balaban J connectivity index is 2.18. The van der Waals surface area contributed by atoms with E-state index in [1.165, 1.54) is 0 Å². The summed E-state index contributed by atoms with van der Waals surface area (Å²) < 4.78 is 5.61. The number of halogens is 1. The minimum atomic E-state index is -0.521. The fourth-order valence-corrected chi connectivity index (χ4v) is 2.40. The summed E-state index contributed by atoms with van der Waals surface area (Å²) in [6, 6.07) is 5.22. The van der Waals surface area contributed by atoms with Gasteiger partial charge in [-0.3, -0.25) is 4.79 Å². The van der Waals surface area contributed by atoms with E-state index in [1.807, 2.05) is 13.0 Å². The normalized spacial score (nSPS) is 21.2. The third kappa shape index (κ3) is 3.18. The Morgan fingerprint density at radius 1 is 1.58 bits per heavy atom. The molecule has 1 aromatic rings. The zero-order valence-corrected chi connectivity index (χ0v) is 11.6. The van der Waals surface area contributed by atoms with Crippen LogP contribution in [0.1, 0.15) is 17.3 Å². The van der Waals surface area contributed by atoms with Crippen molar-refractivity contribution >= 4 is 23.2 Å². The van der Waals surface area contributed by atoms with Crippen molar-refractivity contribution < 1.29 is 9.53 Å². The van der Waals surface area contributed by atoms with Crippen LogP contribution < -0.4 is 16.4 Å². The highest BCUT2D eigenvalue weighted by Crippen LogP contribution is 2.25. The minimum absolute atomic E-state index is 0.00309. The first-order valence-corrected chi connectivity index (χ1v) is 6.58. The van der Waals surface area contributed by atoms with Gasteiger partial charge in [-0.25, -0.2) is 0 Å². The van der Waals surface area contributed by atoms with Crippen LogP contribution in [-0.4, -0.2) is 37.7 Å². The van der Waals surface area contributed by atoms with E-state index in [4.69, 9.17) is 27.8 Å². The van der Waals surface area contributed by atoms with Crippen LogP contribution in [0, 0.1) is 0 Å². The van der Waals surface area contributed by atoms with Crippen LogP contribution in [0.2, 0.25) is 5.02 Å². The Bertz CT molecular complexity index is 479. The Morgan fingerprint density at radius 3 is 2.89 bits per heavy atom. The van der Waals surface area contributed by atoms with E-state index in [2.05, 4.69) is 4.90 Å². The average Bonchev–Trinajstić information content (AvgIpc) is 2.38. The summed E-state index contributed by atoms with van der Waals surface area (Å²) in [5, 5.41) is 0.369. The van der Waals surface area contributed by atoms with Gasteiger partial charge in [0.1, 0.15) is 0 Å². The number of nitrogens with zero attached hydrogens (tertiary/aromatic N) is 1. The maximum atomic E-state index is 11.1. The first-order valence-electron chi connectivity index (χ1n) is 6.20. The molecular weight excluding hydrogens is 266 g/mol. The average molecular weight is 284 g/mol. The van der Waals surface area contributed by atoms with Crippen molar-refractivity contribution in [2.45, 2.75) is 19.1 Å². The molecule has 4 N–H and O–H groups in total. The van der Waals surface area contributed by atoms with Gasteiger partial charge in [-0.05, 0) is 25.1 Å². The molecule has 1 amide bonds. The molecular formula is C13H18ClN3O2. The zero-order valence-electron chi connectivity index (χ0n) is 10.8. The van der Waals surface area contributed by atoms with E-state index in [0.717, 1.165) is 12.2 Å². The molecule has 19 heavy (non-hydrogen) atoms. The molecule has 1 fully saturated rings. The third-order valence-electron chi connectivity index (χ3n) is 3.26. The van der Waals surface area contributed by atoms with Crippen LogP contribution in [0.3, 0.4) is 0 Å². The standard InChI is InChI=1S/C13H18ClN3O2/c1-8(15)12-7-17(4-5-19-12)9-2-3-10(13(16)18)11(14)6-9/h2-3,6,8,12H,4-5,7,15H2,1H3,(H2,16,18). The molecule has 2 atom stereocenters. The van der Waals surface area contributed by atoms with Crippen molar-refractivity contribution in [3.8, 4) is 0 Å². The lowest BCUT2D eigenvalue weighted by molar-refractivity contribution is 0.0276. The highest BCUT2D eigenvalue weighted by Gasteiger charge is 2.24. The Kier molecular flexibility index (Phi) is 4.29. The number of anilines is 1. The van der Waals surface area contributed by atoms with Gasteiger partial charge in [0, 0.05) is 24.8 Å². The first kappa shape index (κ1) is 14.1.